The Morgan fingerprint density at radius 3 is 2.85 bits per heavy atom. The predicted molar refractivity (Wildman–Crippen MR) is 73.6 cm³/mol. The molecule has 2 heterocycles. The lowest BCUT2D eigenvalue weighted by molar-refractivity contribution is 0.297. The first-order valence-electron chi connectivity index (χ1n) is 6.75. The van der Waals surface area contributed by atoms with E-state index in [2.05, 4.69) is 21.6 Å². The second-order valence-corrected chi connectivity index (χ2v) is 4.79. The van der Waals surface area contributed by atoms with Gasteiger partial charge < -0.3 is 19.4 Å². The average molecular weight is 274 g/mol. The maximum atomic E-state index is 5.68. The lowest BCUT2D eigenvalue weighted by atomic mass is 10.2. The van der Waals surface area contributed by atoms with E-state index in [9.17, 15) is 0 Å². The van der Waals surface area contributed by atoms with Crippen LogP contribution in [0.2, 0.25) is 0 Å². The fourth-order valence-corrected chi connectivity index (χ4v) is 2.10. The average Bonchev–Trinajstić information content (AvgIpc) is 2.73. The summed E-state index contributed by atoms with van der Waals surface area (Å²) in [6, 6.07) is 6.06. The molecule has 0 amide bonds. The van der Waals surface area contributed by atoms with Gasteiger partial charge in [0.25, 0.3) is 0 Å². The van der Waals surface area contributed by atoms with E-state index in [1.165, 1.54) is 0 Å². The smallest absolute Gasteiger partial charge is 0.161 e. The van der Waals surface area contributed by atoms with Crippen molar-refractivity contribution in [3.05, 3.63) is 35.9 Å². The molecule has 1 aliphatic rings. The Balaban J connectivity index is 1.60. The molecule has 0 aliphatic carbocycles. The number of benzene rings is 1. The molecule has 106 valence electrons. The molecular formula is C14H18N4O2. The summed E-state index contributed by atoms with van der Waals surface area (Å²) in [5.74, 6) is 2.58. The normalized spacial score (nSPS) is 14.1. The molecule has 20 heavy (non-hydrogen) atoms. The number of hydrogen-bond donors (Lipinski definition) is 1. The van der Waals surface area contributed by atoms with Crippen molar-refractivity contribution in [2.45, 2.75) is 19.5 Å². The molecule has 0 spiro atoms. The monoisotopic (exact) mass is 274 g/mol. The SMILES string of the molecule is Cn1cnnc1CNCc1ccc2c(c1)OCCCO2. The highest BCUT2D eigenvalue weighted by molar-refractivity contribution is 5.43. The standard InChI is InChI=1S/C14H18N4O2/c1-18-10-16-17-14(18)9-15-8-11-3-4-12-13(7-11)20-6-2-5-19-12/h3-4,7,10,15H,2,5-6,8-9H2,1H3. The highest BCUT2D eigenvalue weighted by Crippen LogP contribution is 2.30. The Hall–Kier alpha value is -2.08. The van der Waals surface area contributed by atoms with Crippen LogP contribution in [0.3, 0.4) is 0 Å². The maximum Gasteiger partial charge on any atom is 0.161 e. The third-order valence-electron chi connectivity index (χ3n) is 3.23. The minimum absolute atomic E-state index is 0.685. The number of nitrogens with one attached hydrogen (secondary N) is 1. The number of hydrogen-bond acceptors (Lipinski definition) is 5. The fraction of sp³-hybridized carbons (Fsp3) is 0.429. The van der Waals surface area contributed by atoms with Crippen molar-refractivity contribution in [1.82, 2.24) is 20.1 Å². The summed E-state index contributed by atoms with van der Waals surface area (Å²) in [6.07, 6.45) is 2.62. The van der Waals surface area contributed by atoms with Gasteiger partial charge in [0, 0.05) is 20.0 Å². The van der Waals surface area contributed by atoms with Crippen LogP contribution >= 0.6 is 0 Å². The zero-order valence-corrected chi connectivity index (χ0v) is 11.5. The second kappa shape index (κ2) is 5.92. The van der Waals surface area contributed by atoms with Crippen LogP contribution < -0.4 is 14.8 Å². The highest BCUT2D eigenvalue weighted by atomic mass is 16.5. The lowest BCUT2D eigenvalue weighted by Crippen LogP contribution is -2.15. The largest absolute Gasteiger partial charge is 0.490 e. The molecule has 0 fully saturated rings. The number of ether oxygens (including phenoxy) is 2. The van der Waals surface area contributed by atoms with Gasteiger partial charge >= 0.3 is 0 Å². The van der Waals surface area contributed by atoms with Gasteiger partial charge in [-0.2, -0.15) is 0 Å². The molecule has 0 unspecified atom stereocenters. The number of aryl methyl sites for hydroxylation is 1. The lowest BCUT2D eigenvalue weighted by Gasteiger charge is -2.10. The molecule has 0 radical (unpaired) electrons. The maximum absolute atomic E-state index is 5.68. The van der Waals surface area contributed by atoms with E-state index in [1.54, 1.807) is 6.33 Å². The number of rotatable bonds is 4. The zero-order chi connectivity index (χ0) is 13.8. The quantitative estimate of drug-likeness (QED) is 0.909. The molecule has 0 bridgehead atoms. The van der Waals surface area contributed by atoms with Crippen molar-refractivity contribution in [2.24, 2.45) is 7.05 Å². The van der Waals surface area contributed by atoms with Gasteiger partial charge in [0.2, 0.25) is 0 Å². The molecule has 1 N–H and O–H groups in total. The van der Waals surface area contributed by atoms with Crippen molar-refractivity contribution < 1.29 is 9.47 Å². The van der Waals surface area contributed by atoms with Crippen molar-refractivity contribution in [1.29, 1.82) is 0 Å². The molecule has 3 rings (SSSR count). The highest BCUT2D eigenvalue weighted by Gasteiger charge is 2.10. The molecule has 6 nitrogen and oxygen atoms in total. The van der Waals surface area contributed by atoms with E-state index in [0.717, 1.165) is 42.5 Å². The summed E-state index contributed by atoms with van der Waals surface area (Å²) in [5, 5.41) is 11.2. The van der Waals surface area contributed by atoms with Gasteiger partial charge in [-0.3, -0.25) is 0 Å². The summed E-state index contributed by atoms with van der Waals surface area (Å²) in [7, 11) is 1.94. The molecular weight excluding hydrogens is 256 g/mol. The Morgan fingerprint density at radius 2 is 2.05 bits per heavy atom. The zero-order valence-electron chi connectivity index (χ0n) is 11.5. The van der Waals surface area contributed by atoms with Crippen LogP contribution in [0.1, 0.15) is 17.8 Å². The van der Waals surface area contributed by atoms with Crippen LogP contribution in [0.5, 0.6) is 11.5 Å². The summed E-state index contributed by atoms with van der Waals surface area (Å²) in [6.45, 7) is 2.87. The van der Waals surface area contributed by atoms with E-state index in [1.807, 2.05) is 23.7 Å². The fourth-order valence-electron chi connectivity index (χ4n) is 2.10. The topological polar surface area (TPSA) is 61.2 Å². The molecule has 0 atom stereocenters. The summed E-state index contributed by atoms with van der Waals surface area (Å²) >= 11 is 0. The first kappa shape index (κ1) is 12.9. The summed E-state index contributed by atoms with van der Waals surface area (Å²) in [5.41, 5.74) is 1.16. The minimum atomic E-state index is 0.685. The van der Waals surface area contributed by atoms with E-state index >= 15 is 0 Å². The first-order chi connectivity index (χ1) is 9.83. The second-order valence-electron chi connectivity index (χ2n) is 4.79. The van der Waals surface area contributed by atoms with E-state index in [4.69, 9.17) is 9.47 Å². The van der Waals surface area contributed by atoms with E-state index in [0.29, 0.717) is 13.2 Å². The van der Waals surface area contributed by atoms with E-state index < -0.39 is 0 Å². The van der Waals surface area contributed by atoms with Crippen molar-refractivity contribution in [2.75, 3.05) is 13.2 Å². The van der Waals surface area contributed by atoms with Crippen LogP contribution in [0.4, 0.5) is 0 Å². The Labute approximate surface area is 117 Å². The van der Waals surface area contributed by atoms with Crippen LogP contribution in [0.15, 0.2) is 24.5 Å². The van der Waals surface area contributed by atoms with Crippen LogP contribution in [-0.2, 0) is 20.1 Å². The molecule has 0 saturated heterocycles. The van der Waals surface area contributed by atoms with Gasteiger partial charge in [-0.25, -0.2) is 0 Å². The van der Waals surface area contributed by atoms with Gasteiger partial charge in [0.15, 0.2) is 11.5 Å². The van der Waals surface area contributed by atoms with Gasteiger partial charge in [-0.1, -0.05) is 6.07 Å². The Morgan fingerprint density at radius 1 is 1.20 bits per heavy atom. The van der Waals surface area contributed by atoms with Crippen LogP contribution in [0, 0.1) is 0 Å². The number of nitrogens with zero attached hydrogens (tertiary/aromatic N) is 3. The van der Waals surface area contributed by atoms with Crippen molar-refractivity contribution in [3.63, 3.8) is 0 Å². The van der Waals surface area contributed by atoms with Gasteiger partial charge in [-0.05, 0) is 17.7 Å². The molecule has 1 aliphatic heterocycles. The van der Waals surface area contributed by atoms with Crippen LogP contribution in [0.25, 0.3) is 0 Å². The summed E-state index contributed by atoms with van der Waals surface area (Å²) < 4.78 is 13.2. The third-order valence-corrected chi connectivity index (χ3v) is 3.23. The first-order valence-corrected chi connectivity index (χ1v) is 6.75. The van der Waals surface area contributed by atoms with Crippen LogP contribution in [-0.4, -0.2) is 28.0 Å². The number of fused-ring (bicyclic) bond motifs is 1. The predicted octanol–water partition coefficient (Wildman–Crippen LogP) is 1.27. The van der Waals surface area contributed by atoms with Gasteiger partial charge in [0.05, 0.1) is 19.8 Å². The Bertz CT molecular complexity index is 582. The number of aromatic nitrogens is 3. The molecule has 6 heteroatoms. The minimum Gasteiger partial charge on any atom is -0.490 e. The van der Waals surface area contributed by atoms with Gasteiger partial charge in [-0.15, -0.1) is 10.2 Å². The third kappa shape index (κ3) is 2.91. The van der Waals surface area contributed by atoms with Crippen molar-refractivity contribution >= 4 is 0 Å². The van der Waals surface area contributed by atoms with Crippen molar-refractivity contribution in [3.8, 4) is 11.5 Å². The van der Waals surface area contributed by atoms with Gasteiger partial charge in [0.1, 0.15) is 12.2 Å². The molecule has 1 aromatic heterocycles. The Kier molecular flexibility index (Phi) is 3.83. The summed E-state index contributed by atoms with van der Waals surface area (Å²) in [4.78, 5) is 0. The van der Waals surface area contributed by atoms with E-state index in [-0.39, 0.29) is 0 Å². The molecule has 2 aromatic rings. The molecule has 1 aromatic carbocycles. The molecule has 0 saturated carbocycles.